The van der Waals surface area contributed by atoms with Crippen molar-refractivity contribution in [2.24, 2.45) is 16.6 Å². The fraction of sp³-hybridized carbons (Fsp3) is 0.366. The second kappa shape index (κ2) is 31.7. The zero-order valence-electron chi connectivity index (χ0n) is 50.9. The van der Waals surface area contributed by atoms with Gasteiger partial charge in [0.1, 0.15) is 6.08 Å². The highest BCUT2D eigenvalue weighted by Gasteiger charge is 2.46. The highest BCUT2D eigenvalue weighted by atomic mass is 79.9. The Bertz CT molecular complexity index is 3320. The zero-order valence-corrected chi connectivity index (χ0v) is 52.4. The maximum absolute atomic E-state index is 13.3. The lowest BCUT2D eigenvalue weighted by Gasteiger charge is -2.27. The molecule has 11 nitrogen and oxygen atoms in total. The molecular weight excluding hydrogens is 1100 g/mol. The predicted molar refractivity (Wildman–Crippen MR) is 340 cm³/mol. The Balaban J connectivity index is 0.000000404. The number of allylic oxidation sites excluding steroid dienone is 8. The summed E-state index contributed by atoms with van der Waals surface area (Å²) in [6.45, 7) is 23.2. The van der Waals surface area contributed by atoms with Crippen LogP contribution in [-0.2, 0) is 30.0 Å². The summed E-state index contributed by atoms with van der Waals surface area (Å²) < 4.78 is 7.46. The topological polar surface area (TPSA) is 152 Å². The molecule has 0 saturated heterocycles. The van der Waals surface area contributed by atoms with Crippen molar-refractivity contribution in [3.05, 3.63) is 192 Å². The van der Waals surface area contributed by atoms with Crippen LogP contribution in [0.3, 0.4) is 0 Å². The summed E-state index contributed by atoms with van der Waals surface area (Å²) in [6.07, 6.45) is 17.8. The molecule has 0 bridgehead atoms. The van der Waals surface area contributed by atoms with Gasteiger partial charge in [-0.15, -0.1) is 0 Å². The number of primary amides is 1. The number of ether oxygens (including phenoxy) is 1. The molecule has 6 aromatic carbocycles. The van der Waals surface area contributed by atoms with Crippen LogP contribution in [-0.4, -0.2) is 73.9 Å². The minimum atomic E-state index is -0.512. The van der Waals surface area contributed by atoms with Gasteiger partial charge in [0.25, 0.3) is 0 Å². The van der Waals surface area contributed by atoms with Gasteiger partial charge >= 0.3 is 0 Å². The van der Waals surface area contributed by atoms with Crippen molar-refractivity contribution >= 4 is 62.4 Å². The van der Waals surface area contributed by atoms with E-state index >= 15 is 0 Å². The van der Waals surface area contributed by atoms with E-state index in [1.165, 1.54) is 62.0 Å². The Hall–Kier alpha value is -7.57. The monoisotopic (exact) mass is 1180 g/mol. The molecule has 1 aliphatic carbocycles. The number of benzene rings is 6. The molecule has 3 amide bonds. The lowest BCUT2D eigenvalue weighted by atomic mass is 9.79. The molecule has 4 N–H and O–H groups in total. The van der Waals surface area contributed by atoms with Crippen molar-refractivity contribution in [3.63, 3.8) is 0 Å². The number of halogens is 1. The van der Waals surface area contributed by atoms with Gasteiger partial charge in [-0.2, -0.15) is 4.58 Å². The summed E-state index contributed by atoms with van der Waals surface area (Å²) in [5.74, 6) is -0.837. The van der Waals surface area contributed by atoms with Crippen molar-refractivity contribution in [1.82, 2.24) is 10.6 Å². The summed E-state index contributed by atoms with van der Waals surface area (Å²) in [5, 5.41) is 22.1. The first-order chi connectivity index (χ1) is 39.8. The minimum absolute atomic E-state index is 0. The molecule has 3 aliphatic heterocycles. The highest BCUT2D eigenvalue weighted by Crippen LogP contribution is 2.51. The largest absolute Gasteiger partial charge is 1.00 e. The zero-order chi connectivity index (χ0) is 59.4. The summed E-state index contributed by atoms with van der Waals surface area (Å²) in [5.41, 5.74) is 17.1. The predicted octanol–water partition coefficient (Wildman–Crippen LogP) is 10.7. The van der Waals surface area contributed by atoms with Gasteiger partial charge in [-0.3, -0.25) is 19.4 Å². The van der Waals surface area contributed by atoms with Gasteiger partial charge in [-0.25, -0.2) is 0 Å². The van der Waals surface area contributed by atoms with Crippen LogP contribution in [0.1, 0.15) is 136 Å². The molecule has 0 radical (unpaired) electrons. The van der Waals surface area contributed by atoms with E-state index < -0.39 is 17.9 Å². The average molecular weight is 1190 g/mol. The number of amides is 3. The first-order valence-electron chi connectivity index (χ1n) is 29.8. The smallest absolute Gasteiger partial charge is 0.226 e. The van der Waals surface area contributed by atoms with E-state index in [-0.39, 0.29) is 58.5 Å². The summed E-state index contributed by atoms with van der Waals surface area (Å²) in [7, 11) is 1.44. The van der Waals surface area contributed by atoms with Crippen molar-refractivity contribution in [2.75, 3.05) is 44.7 Å². The molecule has 4 aliphatic rings. The fourth-order valence-electron chi connectivity index (χ4n) is 11.8. The van der Waals surface area contributed by atoms with Crippen molar-refractivity contribution in [1.29, 1.82) is 0 Å². The Morgan fingerprint density at radius 1 is 0.687 bits per heavy atom. The molecule has 0 saturated carbocycles. The van der Waals surface area contributed by atoms with Crippen LogP contribution >= 0.6 is 0 Å². The minimum Gasteiger partial charge on any atom is -1.00 e. The average Bonchev–Trinajstić information content (AvgIpc) is 2.10. The van der Waals surface area contributed by atoms with Gasteiger partial charge in [-0.1, -0.05) is 202 Å². The van der Waals surface area contributed by atoms with Crippen molar-refractivity contribution in [2.45, 2.75) is 125 Å². The molecule has 0 spiro atoms. The van der Waals surface area contributed by atoms with Gasteiger partial charge in [0, 0.05) is 80.1 Å². The van der Waals surface area contributed by atoms with Crippen LogP contribution < -0.4 is 43.4 Å². The quantitative estimate of drug-likeness (QED) is 0.0912. The molecule has 1 unspecified atom stereocenters. The lowest BCUT2D eigenvalue weighted by Crippen LogP contribution is -3.00. The number of anilines is 1. The third-order valence-electron chi connectivity index (χ3n) is 15.6. The summed E-state index contributed by atoms with van der Waals surface area (Å²) >= 11 is 0. The molecule has 83 heavy (non-hydrogen) atoms. The molecule has 10 rings (SSSR count). The number of nitrogens with two attached hydrogens (primary N) is 1. The molecule has 440 valence electrons. The molecule has 1 atom stereocenters. The summed E-state index contributed by atoms with van der Waals surface area (Å²) in [6, 6.07) is 42.2. The van der Waals surface area contributed by atoms with E-state index in [0.717, 1.165) is 42.0 Å². The van der Waals surface area contributed by atoms with E-state index in [1.807, 2.05) is 78.0 Å². The van der Waals surface area contributed by atoms with Crippen molar-refractivity contribution < 1.29 is 45.8 Å². The molecule has 3 heterocycles. The number of carbonyl (C=O) groups is 3. The number of aliphatic imine (C=N–C) groups is 1. The van der Waals surface area contributed by atoms with Crippen LogP contribution in [0.25, 0.3) is 32.7 Å². The van der Waals surface area contributed by atoms with Crippen LogP contribution in [0.4, 0.5) is 11.4 Å². The molecular formula is C71H88BrN6O5-. The van der Waals surface area contributed by atoms with E-state index in [0.29, 0.717) is 39.1 Å². The summed E-state index contributed by atoms with van der Waals surface area (Å²) in [4.78, 5) is 44.6. The third kappa shape index (κ3) is 15.4. The second-order valence-corrected chi connectivity index (χ2v) is 21.1. The number of carbonyl (C=O) groups excluding carboxylic acids is 3. The number of fused-ring (bicyclic) bond motifs is 12. The Morgan fingerprint density at radius 3 is 1.89 bits per heavy atom. The van der Waals surface area contributed by atoms with Gasteiger partial charge in [-0.05, 0) is 94.3 Å². The Morgan fingerprint density at radius 2 is 1.25 bits per heavy atom. The van der Waals surface area contributed by atoms with E-state index in [2.05, 4.69) is 180 Å². The maximum Gasteiger partial charge on any atom is 0.226 e. The van der Waals surface area contributed by atoms with Crippen LogP contribution in [0.15, 0.2) is 175 Å². The number of hydrogen-bond donors (Lipinski definition) is 3. The van der Waals surface area contributed by atoms with Gasteiger partial charge in [0.05, 0.1) is 17.8 Å². The Labute approximate surface area is 505 Å². The molecule has 0 aromatic heterocycles. The fourth-order valence-corrected chi connectivity index (χ4v) is 11.8. The molecule has 0 fully saturated rings. The number of nitrogens with one attached hydrogen (secondary N) is 2. The number of hydrogen-bond acceptors (Lipinski definition) is 7. The standard InChI is InChI=1S/C49H55N5O3.C16H15NO2.3C2H6.BrH/c1-48(2)41-22-10-6-5-7-11-23-42-49(3,4)46-38-21-15-13-18-35(38)25-27-40(46)54(42)32-29-44(56)52-33-36(47(50)57)19-9-8-16-30-51-43(55)28-31-53(41)39-26-24-34-17-12-14-20-37(34)45(39)48;1-17-16(18)19-10-15-13-8-4-2-6-11(13)12-7-3-5-9-14(12)15;3*1-2;/h5-7,10-15,17-18,20-27,36H,8-9,16,19,28-33H2,1-4H3,(H3-,50,51,52,55,56,57);2-9,15H,10H2,1H3,(H,17,18);3*1-2H3;1H/p-1. The normalized spacial score (nSPS) is 19.4. The van der Waals surface area contributed by atoms with E-state index in [4.69, 9.17) is 10.5 Å². The molecule has 12 heteroatoms. The highest BCUT2D eigenvalue weighted by molar-refractivity contribution is 6.08. The van der Waals surface area contributed by atoms with Crippen LogP contribution in [0.5, 0.6) is 0 Å². The van der Waals surface area contributed by atoms with Crippen molar-refractivity contribution in [3.8, 4) is 11.1 Å². The number of rotatable bonds is 3. The van der Waals surface area contributed by atoms with Gasteiger partial charge < -0.3 is 48.1 Å². The van der Waals surface area contributed by atoms with Crippen LogP contribution in [0.2, 0.25) is 0 Å². The maximum atomic E-state index is 13.3. The Kier molecular flexibility index (Phi) is 25.3. The second-order valence-electron chi connectivity index (χ2n) is 21.1. The number of nitrogens with zero attached hydrogens (tertiary/aromatic N) is 3. The first-order valence-corrected chi connectivity index (χ1v) is 29.8. The third-order valence-corrected chi connectivity index (χ3v) is 15.6. The SMILES string of the molecule is CC.CC.CC.CC1(C)C2=[N+](CCC(=O)NCC(C(N)=O)CCCCCNC(=O)CCN3/C(=C/C=C/C=C/C=C/2)C(C)(C)c2c3ccc3ccccc23)c2ccc3ccccc3c21.CN=C([O-])OCC1c2ccccc2-c2ccccc21.[Br-]. The van der Waals surface area contributed by atoms with Gasteiger partial charge in [0.15, 0.2) is 12.3 Å². The van der Waals surface area contributed by atoms with Gasteiger partial charge in [0.2, 0.25) is 23.4 Å². The lowest BCUT2D eigenvalue weighted by molar-refractivity contribution is -0.436. The van der Waals surface area contributed by atoms with E-state index in [9.17, 15) is 19.5 Å². The molecule has 6 aromatic rings. The van der Waals surface area contributed by atoms with Crippen LogP contribution in [0, 0.1) is 5.92 Å². The first kappa shape index (κ1) is 66.2. The van der Waals surface area contributed by atoms with E-state index in [1.54, 1.807) is 0 Å².